The number of hydrogen-bond donors (Lipinski definition) is 3. The Kier molecular flexibility index (Phi) is 6.17. The van der Waals surface area contributed by atoms with E-state index in [9.17, 15) is 18.8 Å². The number of anilines is 2. The highest BCUT2D eigenvalue weighted by Gasteiger charge is 2.15. The van der Waals surface area contributed by atoms with Crippen LogP contribution >= 0.6 is 0 Å². The van der Waals surface area contributed by atoms with Gasteiger partial charge < -0.3 is 10.4 Å². The molecule has 3 rings (SSSR count). The van der Waals surface area contributed by atoms with Crippen LogP contribution in [0.5, 0.6) is 0 Å². The number of carboxylic acid groups (broad SMARTS) is 1. The third-order valence-corrected chi connectivity index (χ3v) is 4.23. The van der Waals surface area contributed by atoms with E-state index < -0.39 is 30.0 Å². The maximum atomic E-state index is 13.5. The van der Waals surface area contributed by atoms with Crippen molar-refractivity contribution in [3.63, 3.8) is 0 Å². The number of nitrogens with zero attached hydrogens (tertiary/aromatic N) is 1. The Bertz CT molecular complexity index is 1130. The number of Topliss-reactive ketones (excluding diaryl/α,β-unsaturated/α-hetero) is 1. The Morgan fingerprint density at radius 2 is 1.73 bits per heavy atom. The van der Waals surface area contributed by atoms with Gasteiger partial charge in [-0.1, -0.05) is 18.2 Å². The summed E-state index contributed by atoms with van der Waals surface area (Å²) in [6, 6.07) is 13.8. The standard InChI is InChI=1S/C22H18FN3O4/c1-13-9-15(7-8-24-13)14-3-2-4-16(10-14)20(27)12-21(28)25-19-11-17(23)5-6-18(19)26-22(29)30/h2-11,26H,12H2,1H3,(H,25,28)(H,29,30). The summed E-state index contributed by atoms with van der Waals surface area (Å²) in [6.07, 6.45) is -0.174. The van der Waals surface area contributed by atoms with E-state index in [1.54, 1.807) is 24.4 Å². The molecule has 3 N–H and O–H groups in total. The molecule has 3 aromatic rings. The van der Waals surface area contributed by atoms with Gasteiger partial charge in [0.1, 0.15) is 5.82 Å². The molecule has 0 bridgehead atoms. The van der Waals surface area contributed by atoms with Gasteiger partial charge in [-0.2, -0.15) is 0 Å². The maximum Gasteiger partial charge on any atom is 0.409 e. The van der Waals surface area contributed by atoms with Crippen molar-refractivity contribution in [2.75, 3.05) is 10.6 Å². The highest BCUT2D eigenvalue weighted by molar-refractivity contribution is 6.12. The fraction of sp³-hybridized carbons (Fsp3) is 0.0909. The van der Waals surface area contributed by atoms with Crippen LogP contribution in [0.4, 0.5) is 20.6 Å². The predicted molar refractivity (Wildman–Crippen MR) is 110 cm³/mol. The Morgan fingerprint density at radius 3 is 2.47 bits per heavy atom. The molecular weight excluding hydrogens is 389 g/mol. The van der Waals surface area contributed by atoms with E-state index in [2.05, 4.69) is 15.6 Å². The molecule has 0 radical (unpaired) electrons. The van der Waals surface area contributed by atoms with E-state index in [1.807, 2.05) is 25.1 Å². The van der Waals surface area contributed by atoms with Crippen LogP contribution in [0, 0.1) is 12.7 Å². The number of hydrogen-bond acceptors (Lipinski definition) is 4. The zero-order valence-electron chi connectivity index (χ0n) is 16.0. The fourth-order valence-electron chi connectivity index (χ4n) is 2.88. The molecule has 0 aliphatic carbocycles. The van der Waals surface area contributed by atoms with Crippen LogP contribution in [0.25, 0.3) is 11.1 Å². The number of carbonyl (C=O) groups is 3. The average Bonchev–Trinajstić information content (AvgIpc) is 2.70. The zero-order chi connectivity index (χ0) is 21.7. The quantitative estimate of drug-likeness (QED) is 0.412. The van der Waals surface area contributed by atoms with E-state index in [-0.39, 0.29) is 11.4 Å². The Morgan fingerprint density at radius 1 is 0.967 bits per heavy atom. The minimum atomic E-state index is -1.36. The summed E-state index contributed by atoms with van der Waals surface area (Å²) in [7, 11) is 0. The van der Waals surface area contributed by atoms with Gasteiger partial charge in [0.25, 0.3) is 0 Å². The number of rotatable bonds is 6. The summed E-state index contributed by atoms with van der Waals surface area (Å²) in [5, 5.41) is 13.3. The first-order valence-corrected chi connectivity index (χ1v) is 8.97. The molecule has 30 heavy (non-hydrogen) atoms. The highest BCUT2D eigenvalue weighted by Crippen LogP contribution is 2.24. The summed E-state index contributed by atoms with van der Waals surface area (Å²) < 4.78 is 13.5. The Balaban J connectivity index is 1.74. The molecule has 0 saturated heterocycles. The number of halogens is 1. The molecule has 8 heteroatoms. The van der Waals surface area contributed by atoms with Gasteiger partial charge in [-0.05, 0) is 54.4 Å². The third kappa shape index (κ3) is 5.26. The first-order chi connectivity index (χ1) is 14.3. The van der Waals surface area contributed by atoms with Crippen LogP contribution in [-0.4, -0.2) is 27.9 Å². The number of benzene rings is 2. The number of nitrogens with one attached hydrogen (secondary N) is 2. The second-order valence-corrected chi connectivity index (χ2v) is 6.53. The molecule has 0 fully saturated rings. The molecule has 7 nitrogen and oxygen atoms in total. The molecule has 0 aliphatic heterocycles. The van der Waals surface area contributed by atoms with Crippen LogP contribution in [-0.2, 0) is 4.79 Å². The number of ketones is 1. The van der Waals surface area contributed by atoms with Crippen LogP contribution in [0.1, 0.15) is 22.5 Å². The molecule has 0 unspecified atom stereocenters. The molecule has 152 valence electrons. The normalized spacial score (nSPS) is 10.3. The number of carbonyl (C=O) groups excluding carboxylic acids is 2. The SMILES string of the molecule is Cc1cc(-c2cccc(C(=O)CC(=O)Nc3cc(F)ccc3NC(=O)O)c2)ccn1. The van der Waals surface area contributed by atoms with E-state index in [4.69, 9.17) is 5.11 Å². The first kappa shape index (κ1) is 20.7. The predicted octanol–water partition coefficient (Wildman–Crippen LogP) is 4.50. The largest absolute Gasteiger partial charge is 0.465 e. The summed E-state index contributed by atoms with van der Waals surface area (Å²) in [4.78, 5) is 39.9. The number of aryl methyl sites for hydroxylation is 1. The molecule has 0 saturated carbocycles. The fourth-order valence-corrected chi connectivity index (χ4v) is 2.88. The minimum Gasteiger partial charge on any atom is -0.465 e. The van der Waals surface area contributed by atoms with Crippen molar-refractivity contribution in [3.8, 4) is 11.1 Å². The van der Waals surface area contributed by atoms with E-state index in [1.165, 1.54) is 6.07 Å². The first-order valence-electron chi connectivity index (χ1n) is 8.97. The van der Waals surface area contributed by atoms with Crippen molar-refractivity contribution in [3.05, 3.63) is 77.9 Å². The number of pyridine rings is 1. The average molecular weight is 407 g/mol. The van der Waals surface area contributed by atoms with Crippen molar-refractivity contribution in [1.82, 2.24) is 4.98 Å². The lowest BCUT2D eigenvalue weighted by Gasteiger charge is -2.11. The van der Waals surface area contributed by atoms with Crippen molar-refractivity contribution >= 4 is 29.2 Å². The van der Waals surface area contributed by atoms with Crippen LogP contribution in [0.3, 0.4) is 0 Å². The number of amides is 2. The van der Waals surface area contributed by atoms with Gasteiger partial charge in [0.05, 0.1) is 17.8 Å². The summed E-state index contributed by atoms with van der Waals surface area (Å²) in [5.74, 6) is -1.78. The topological polar surface area (TPSA) is 108 Å². The van der Waals surface area contributed by atoms with Gasteiger partial charge in [0.15, 0.2) is 5.78 Å². The monoisotopic (exact) mass is 407 g/mol. The van der Waals surface area contributed by atoms with Crippen LogP contribution in [0.15, 0.2) is 60.8 Å². The Labute approximate surface area is 171 Å². The molecular formula is C22H18FN3O4. The lowest BCUT2D eigenvalue weighted by molar-refractivity contribution is -0.115. The second-order valence-electron chi connectivity index (χ2n) is 6.53. The molecule has 0 spiro atoms. The lowest BCUT2D eigenvalue weighted by Crippen LogP contribution is -2.18. The van der Waals surface area contributed by atoms with Gasteiger partial charge in [-0.3, -0.25) is 19.9 Å². The zero-order valence-corrected chi connectivity index (χ0v) is 16.0. The van der Waals surface area contributed by atoms with Gasteiger partial charge in [-0.15, -0.1) is 0 Å². The van der Waals surface area contributed by atoms with Gasteiger partial charge in [0, 0.05) is 17.5 Å². The van der Waals surface area contributed by atoms with Crippen LogP contribution in [0.2, 0.25) is 0 Å². The van der Waals surface area contributed by atoms with Crippen molar-refractivity contribution in [2.45, 2.75) is 13.3 Å². The van der Waals surface area contributed by atoms with Crippen molar-refractivity contribution < 1.29 is 23.9 Å². The Hall–Kier alpha value is -4.07. The number of aromatic nitrogens is 1. The molecule has 0 atom stereocenters. The van der Waals surface area contributed by atoms with Crippen molar-refractivity contribution in [2.24, 2.45) is 0 Å². The third-order valence-electron chi connectivity index (χ3n) is 4.23. The lowest BCUT2D eigenvalue weighted by atomic mass is 10.0. The molecule has 2 aromatic carbocycles. The maximum absolute atomic E-state index is 13.5. The molecule has 1 aromatic heterocycles. The van der Waals surface area contributed by atoms with Gasteiger partial charge in [-0.25, -0.2) is 9.18 Å². The molecule has 2 amide bonds. The summed E-state index contributed by atoms with van der Waals surface area (Å²) in [6.45, 7) is 1.86. The van der Waals surface area contributed by atoms with E-state index >= 15 is 0 Å². The van der Waals surface area contributed by atoms with Crippen LogP contribution < -0.4 is 10.6 Å². The summed E-state index contributed by atoms with van der Waals surface area (Å²) >= 11 is 0. The summed E-state index contributed by atoms with van der Waals surface area (Å²) in [5.41, 5.74) is 2.82. The molecule has 0 aliphatic rings. The van der Waals surface area contributed by atoms with Gasteiger partial charge in [0.2, 0.25) is 5.91 Å². The minimum absolute atomic E-state index is 0.000228. The second kappa shape index (κ2) is 8.95. The van der Waals surface area contributed by atoms with Crippen molar-refractivity contribution in [1.29, 1.82) is 0 Å². The highest BCUT2D eigenvalue weighted by atomic mass is 19.1. The van der Waals surface area contributed by atoms with E-state index in [0.29, 0.717) is 5.56 Å². The molecule has 1 heterocycles. The van der Waals surface area contributed by atoms with E-state index in [0.717, 1.165) is 29.0 Å². The van der Waals surface area contributed by atoms with Gasteiger partial charge >= 0.3 is 6.09 Å². The smallest absolute Gasteiger partial charge is 0.409 e.